The highest BCUT2D eigenvalue weighted by atomic mass is 32.1. The summed E-state index contributed by atoms with van der Waals surface area (Å²) >= 11 is 5.38. The summed E-state index contributed by atoms with van der Waals surface area (Å²) < 4.78 is 13.8. The van der Waals surface area contributed by atoms with Crippen molar-refractivity contribution in [1.29, 1.82) is 0 Å². The normalized spacial score (nSPS) is 19.5. The number of fused-ring (bicyclic) bond motifs is 1. The van der Waals surface area contributed by atoms with E-state index in [1.54, 1.807) is 7.11 Å². The van der Waals surface area contributed by atoms with Crippen LogP contribution in [0.1, 0.15) is 12.8 Å². The molecule has 1 N–H and O–H groups in total. The van der Waals surface area contributed by atoms with Crippen molar-refractivity contribution in [3.8, 4) is 5.75 Å². The fourth-order valence-electron chi connectivity index (χ4n) is 2.43. The van der Waals surface area contributed by atoms with Crippen molar-refractivity contribution >= 4 is 23.3 Å². The molecular formula is C13H16N2O2S. The van der Waals surface area contributed by atoms with Crippen LogP contribution in [0.15, 0.2) is 18.2 Å². The van der Waals surface area contributed by atoms with Crippen LogP contribution < -0.4 is 4.74 Å². The SMILES string of the molecule is COc1ccc2[nH]c(=S)n(CC3CCCO3)c2c1. The van der Waals surface area contributed by atoms with E-state index < -0.39 is 0 Å². The molecule has 0 aliphatic carbocycles. The van der Waals surface area contributed by atoms with Crippen LogP contribution >= 0.6 is 12.2 Å². The molecule has 1 saturated heterocycles. The Morgan fingerprint density at radius 3 is 3.17 bits per heavy atom. The minimum atomic E-state index is 0.280. The zero-order valence-corrected chi connectivity index (χ0v) is 11.1. The molecule has 2 heterocycles. The number of rotatable bonds is 3. The van der Waals surface area contributed by atoms with E-state index in [0.717, 1.165) is 47.5 Å². The third-order valence-electron chi connectivity index (χ3n) is 3.39. The van der Waals surface area contributed by atoms with Crippen LogP contribution in [0.5, 0.6) is 5.75 Å². The van der Waals surface area contributed by atoms with E-state index in [9.17, 15) is 0 Å². The summed E-state index contributed by atoms with van der Waals surface area (Å²) in [6.45, 7) is 1.68. The number of hydrogen-bond donors (Lipinski definition) is 1. The summed E-state index contributed by atoms with van der Waals surface area (Å²) in [7, 11) is 1.67. The quantitative estimate of drug-likeness (QED) is 0.866. The highest BCUT2D eigenvalue weighted by Gasteiger charge is 2.17. The van der Waals surface area contributed by atoms with Crippen molar-refractivity contribution in [3.05, 3.63) is 23.0 Å². The second-order valence-electron chi connectivity index (χ2n) is 4.56. The molecule has 0 saturated carbocycles. The highest BCUT2D eigenvalue weighted by molar-refractivity contribution is 7.71. The predicted molar refractivity (Wildman–Crippen MR) is 72.6 cm³/mol. The van der Waals surface area contributed by atoms with Crippen molar-refractivity contribution in [2.45, 2.75) is 25.5 Å². The molecule has 0 amide bonds. The fraction of sp³-hybridized carbons (Fsp3) is 0.462. The Hall–Kier alpha value is -1.33. The van der Waals surface area contributed by atoms with Gasteiger partial charge < -0.3 is 19.0 Å². The van der Waals surface area contributed by atoms with E-state index in [0.29, 0.717) is 0 Å². The van der Waals surface area contributed by atoms with Gasteiger partial charge in [-0.25, -0.2) is 0 Å². The van der Waals surface area contributed by atoms with Crippen LogP contribution in [-0.2, 0) is 11.3 Å². The summed E-state index contributed by atoms with van der Waals surface area (Å²) in [5, 5.41) is 0. The average molecular weight is 264 g/mol. The Morgan fingerprint density at radius 2 is 2.44 bits per heavy atom. The van der Waals surface area contributed by atoms with E-state index >= 15 is 0 Å². The van der Waals surface area contributed by atoms with E-state index in [1.165, 1.54) is 0 Å². The molecule has 1 atom stereocenters. The monoisotopic (exact) mass is 264 g/mol. The van der Waals surface area contributed by atoms with Crippen molar-refractivity contribution in [3.63, 3.8) is 0 Å². The maximum atomic E-state index is 5.67. The first-order valence-corrected chi connectivity index (χ1v) is 6.57. The van der Waals surface area contributed by atoms with Gasteiger partial charge in [0.15, 0.2) is 4.77 Å². The number of benzene rings is 1. The van der Waals surface area contributed by atoms with E-state index in [2.05, 4.69) is 9.55 Å². The Labute approximate surface area is 111 Å². The number of methoxy groups -OCH3 is 1. The minimum Gasteiger partial charge on any atom is -0.497 e. The molecule has 1 fully saturated rings. The van der Waals surface area contributed by atoms with Crippen LogP contribution in [0.3, 0.4) is 0 Å². The second kappa shape index (κ2) is 4.74. The molecular weight excluding hydrogens is 248 g/mol. The molecule has 0 spiro atoms. The molecule has 96 valence electrons. The predicted octanol–water partition coefficient (Wildman–Crippen LogP) is 2.89. The first kappa shape index (κ1) is 11.7. The van der Waals surface area contributed by atoms with Crippen molar-refractivity contribution < 1.29 is 9.47 Å². The second-order valence-corrected chi connectivity index (χ2v) is 4.95. The first-order chi connectivity index (χ1) is 8.78. The van der Waals surface area contributed by atoms with Gasteiger partial charge in [0.2, 0.25) is 0 Å². The van der Waals surface area contributed by atoms with Gasteiger partial charge in [-0.2, -0.15) is 0 Å². The van der Waals surface area contributed by atoms with Gasteiger partial charge >= 0.3 is 0 Å². The van der Waals surface area contributed by atoms with E-state index in [1.807, 2.05) is 18.2 Å². The standard InChI is InChI=1S/C13H16N2O2S/c1-16-9-4-5-11-12(7-9)15(13(18)14-11)8-10-3-2-6-17-10/h4-5,7,10H,2-3,6,8H2,1H3,(H,14,18). The van der Waals surface area contributed by atoms with Crippen LogP contribution in [0.4, 0.5) is 0 Å². The van der Waals surface area contributed by atoms with E-state index in [-0.39, 0.29) is 6.10 Å². The molecule has 4 nitrogen and oxygen atoms in total. The number of imidazole rings is 1. The Kier molecular flexibility index (Phi) is 3.09. The lowest BCUT2D eigenvalue weighted by atomic mass is 10.2. The van der Waals surface area contributed by atoms with Crippen LogP contribution in [0, 0.1) is 4.77 Å². The lowest BCUT2D eigenvalue weighted by Crippen LogP contribution is -2.14. The van der Waals surface area contributed by atoms with Gasteiger partial charge in [-0.3, -0.25) is 0 Å². The number of H-pyrrole nitrogens is 1. The molecule has 1 aliphatic heterocycles. The van der Waals surface area contributed by atoms with Gasteiger partial charge in [-0.1, -0.05) is 0 Å². The molecule has 1 aromatic carbocycles. The van der Waals surface area contributed by atoms with Crippen molar-refractivity contribution in [2.75, 3.05) is 13.7 Å². The Balaban J connectivity index is 2.02. The summed E-state index contributed by atoms with van der Waals surface area (Å²) in [5.74, 6) is 0.845. The number of nitrogens with one attached hydrogen (secondary N) is 1. The lowest BCUT2D eigenvalue weighted by Gasteiger charge is -2.11. The van der Waals surface area contributed by atoms with Gasteiger partial charge in [0.25, 0.3) is 0 Å². The summed E-state index contributed by atoms with van der Waals surface area (Å²) in [5.41, 5.74) is 2.12. The van der Waals surface area contributed by atoms with Gasteiger partial charge in [-0.15, -0.1) is 0 Å². The highest BCUT2D eigenvalue weighted by Crippen LogP contribution is 2.23. The zero-order valence-electron chi connectivity index (χ0n) is 10.3. The third-order valence-corrected chi connectivity index (χ3v) is 3.72. The number of hydrogen-bond acceptors (Lipinski definition) is 3. The van der Waals surface area contributed by atoms with Crippen LogP contribution in [0.2, 0.25) is 0 Å². The van der Waals surface area contributed by atoms with Crippen LogP contribution in [0.25, 0.3) is 11.0 Å². The summed E-state index contributed by atoms with van der Waals surface area (Å²) in [6, 6.07) is 5.94. The molecule has 0 bridgehead atoms. The third kappa shape index (κ3) is 2.04. The van der Waals surface area contributed by atoms with Crippen molar-refractivity contribution in [2.24, 2.45) is 0 Å². The first-order valence-electron chi connectivity index (χ1n) is 6.16. The van der Waals surface area contributed by atoms with Crippen LogP contribution in [-0.4, -0.2) is 29.4 Å². The maximum absolute atomic E-state index is 5.67. The Morgan fingerprint density at radius 1 is 1.56 bits per heavy atom. The molecule has 1 unspecified atom stereocenters. The number of ether oxygens (including phenoxy) is 2. The van der Waals surface area contributed by atoms with Gasteiger partial charge in [0, 0.05) is 12.7 Å². The smallest absolute Gasteiger partial charge is 0.178 e. The lowest BCUT2D eigenvalue weighted by molar-refractivity contribution is 0.0976. The molecule has 1 aliphatic rings. The summed E-state index contributed by atoms with van der Waals surface area (Å²) in [4.78, 5) is 3.22. The zero-order chi connectivity index (χ0) is 12.5. The van der Waals surface area contributed by atoms with Gasteiger partial charge in [0.1, 0.15) is 5.75 Å². The fourth-order valence-corrected chi connectivity index (χ4v) is 2.72. The van der Waals surface area contributed by atoms with E-state index in [4.69, 9.17) is 21.7 Å². The molecule has 1 aromatic heterocycles. The Bertz CT molecular complexity index is 611. The topological polar surface area (TPSA) is 39.2 Å². The molecule has 2 aromatic rings. The number of nitrogens with zero attached hydrogens (tertiary/aromatic N) is 1. The molecule has 0 radical (unpaired) electrons. The molecule has 5 heteroatoms. The summed E-state index contributed by atoms with van der Waals surface area (Å²) in [6.07, 6.45) is 2.53. The largest absolute Gasteiger partial charge is 0.497 e. The average Bonchev–Trinajstić information content (AvgIpc) is 2.99. The van der Waals surface area contributed by atoms with Gasteiger partial charge in [0.05, 0.1) is 30.8 Å². The number of aromatic amines is 1. The number of aromatic nitrogens is 2. The van der Waals surface area contributed by atoms with Crippen molar-refractivity contribution in [1.82, 2.24) is 9.55 Å². The molecule has 18 heavy (non-hydrogen) atoms. The molecule has 3 rings (SSSR count). The maximum Gasteiger partial charge on any atom is 0.178 e. The van der Waals surface area contributed by atoms with Gasteiger partial charge in [-0.05, 0) is 37.2 Å². The minimum absolute atomic E-state index is 0.280.